The lowest BCUT2D eigenvalue weighted by molar-refractivity contribution is -0.125. The van der Waals surface area contributed by atoms with Crippen LogP contribution in [0.5, 0.6) is 0 Å². The molecule has 3 N–H and O–H groups in total. The summed E-state index contributed by atoms with van der Waals surface area (Å²) < 4.78 is 5.02. The summed E-state index contributed by atoms with van der Waals surface area (Å²) in [6, 6.07) is 7.95. The lowest BCUT2D eigenvalue weighted by Gasteiger charge is -2.32. The average Bonchev–Trinajstić information content (AvgIpc) is 2.50. The van der Waals surface area contributed by atoms with E-state index in [0.29, 0.717) is 0 Å². The van der Waals surface area contributed by atoms with Crippen molar-refractivity contribution in [3.05, 3.63) is 24.3 Å². The zero-order chi connectivity index (χ0) is 15.2. The van der Waals surface area contributed by atoms with E-state index in [4.69, 9.17) is 10.5 Å². The zero-order valence-electron chi connectivity index (χ0n) is 12.8. The molecule has 1 aromatic carbocycles. The highest BCUT2D eigenvalue weighted by atomic mass is 16.5. The maximum absolute atomic E-state index is 11.9. The molecule has 21 heavy (non-hydrogen) atoms. The maximum atomic E-state index is 11.9. The number of piperidine rings is 1. The number of hydrogen-bond donors (Lipinski definition) is 2. The monoisotopic (exact) mass is 291 g/mol. The molecule has 5 nitrogen and oxygen atoms in total. The van der Waals surface area contributed by atoms with Crippen molar-refractivity contribution >= 4 is 17.3 Å². The van der Waals surface area contributed by atoms with E-state index in [1.807, 2.05) is 12.1 Å². The number of ether oxygens (including phenoxy) is 1. The summed E-state index contributed by atoms with van der Waals surface area (Å²) in [5.74, 6) is 0.613. The summed E-state index contributed by atoms with van der Waals surface area (Å²) in [5, 5.41) is 2.82. The molecule has 1 heterocycles. The molecule has 5 heteroatoms. The second-order valence-electron chi connectivity index (χ2n) is 5.67. The third-order valence-corrected chi connectivity index (χ3v) is 4.07. The van der Waals surface area contributed by atoms with E-state index in [-0.39, 0.29) is 12.5 Å². The minimum absolute atomic E-state index is 0.173. The second kappa shape index (κ2) is 7.43. The third-order valence-electron chi connectivity index (χ3n) is 4.07. The molecule has 0 spiro atoms. The standard InChI is InChI=1S/C16H25N3O2/c1-12-7-9-19(10-8-12)14-5-3-13(4-6-14)18-16(20)15(11-17)21-2/h3-6,12,15H,7-11,17H2,1-2H3,(H,18,20). The van der Waals surface area contributed by atoms with Crippen LogP contribution in [0.3, 0.4) is 0 Å². The summed E-state index contributed by atoms with van der Waals surface area (Å²) in [4.78, 5) is 14.3. The van der Waals surface area contributed by atoms with Gasteiger partial charge in [0.2, 0.25) is 0 Å². The van der Waals surface area contributed by atoms with Crippen LogP contribution in [0, 0.1) is 5.92 Å². The van der Waals surface area contributed by atoms with Gasteiger partial charge in [-0.25, -0.2) is 0 Å². The first-order chi connectivity index (χ1) is 10.1. The van der Waals surface area contributed by atoms with Crippen LogP contribution in [0.1, 0.15) is 19.8 Å². The van der Waals surface area contributed by atoms with Crippen molar-refractivity contribution < 1.29 is 9.53 Å². The Kier molecular flexibility index (Phi) is 5.59. The molecule has 1 aliphatic heterocycles. The first kappa shape index (κ1) is 15.8. The Hall–Kier alpha value is -1.59. The number of nitrogens with zero attached hydrogens (tertiary/aromatic N) is 1. The molecular formula is C16H25N3O2. The van der Waals surface area contributed by atoms with E-state index < -0.39 is 6.10 Å². The topological polar surface area (TPSA) is 67.6 Å². The smallest absolute Gasteiger partial charge is 0.254 e. The molecule has 0 aliphatic carbocycles. The number of anilines is 2. The molecule has 1 atom stereocenters. The van der Waals surface area contributed by atoms with Crippen LogP contribution >= 0.6 is 0 Å². The molecule has 1 saturated heterocycles. The Morgan fingerprint density at radius 3 is 2.52 bits per heavy atom. The number of benzene rings is 1. The van der Waals surface area contributed by atoms with Crippen LogP contribution in [0.25, 0.3) is 0 Å². The van der Waals surface area contributed by atoms with Crippen molar-refractivity contribution in [1.82, 2.24) is 0 Å². The Labute approximate surface area is 126 Å². The highest BCUT2D eigenvalue weighted by Gasteiger charge is 2.17. The van der Waals surface area contributed by atoms with Crippen molar-refractivity contribution in [3.8, 4) is 0 Å². The Morgan fingerprint density at radius 1 is 1.38 bits per heavy atom. The van der Waals surface area contributed by atoms with Crippen LogP contribution in [0.15, 0.2) is 24.3 Å². The number of amides is 1. The first-order valence-electron chi connectivity index (χ1n) is 7.52. The molecule has 1 unspecified atom stereocenters. The normalized spacial score (nSPS) is 17.6. The van der Waals surface area contributed by atoms with Gasteiger partial charge >= 0.3 is 0 Å². The van der Waals surface area contributed by atoms with Gasteiger partial charge in [0.05, 0.1) is 0 Å². The molecule has 116 valence electrons. The zero-order valence-corrected chi connectivity index (χ0v) is 12.8. The average molecular weight is 291 g/mol. The minimum Gasteiger partial charge on any atom is -0.372 e. The van der Waals surface area contributed by atoms with E-state index in [0.717, 1.165) is 24.7 Å². The molecule has 1 aliphatic rings. The van der Waals surface area contributed by atoms with Crippen molar-refractivity contribution in [2.45, 2.75) is 25.9 Å². The quantitative estimate of drug-likeness (QED) is 0.868. The molecule has 1 aromatic rings. The van der Waals surface area contributed by atoms with Crippen LogP contribution < -0.4 is 16.0 Å². The molecule has 0 radical (unpaired) electrons. The SMILES string of the molecule is COC(CN)C(=O)Nc1ccc(N2CCC(C)CC2)cc1. The van der Waals surface area contributed by atoms with E-state index >= 15 is 0 Å². The van der Waals surface area contributed by atoms with Gasteiger partial charge in [-0.15, -0.1) is 0 Å². The van der Waals surface area contributed by atoms with E-state index in [9.17, 15) is 4.79 Å². The van der Waals surface area contributed by atoms with Gasteiger partial charge in [0, 0.05) is 38.1 Å². The molecule has 0 aromatic heterocycles. The summed E-state index contributed by atoms with van der Waals surface area (Å²) in [6.45, 7) is 4.68. The van der Waals surface area contributed by atoms with Crippen molar-refractivity contribution in [2.24, 2.45) is 11.7 Å². The summed E-state index contributed by atoms with van der Waals surface area (Å²) in [7, 11) is 1.48. The Morgan fingerprint density at radius 2 is 2.00 bits per heavy atom. The van der Waals surface area contributed by atoms with E-state index in [2.05, 4.69) is 29.3 Å². The lowest BCUT2D eigenvalue weighted by atomic mass is 9.99. The number of nitrogens with two attached hydrogens (primary N) is 1. The second-order valence-corrected chi connectivity index (χ2v) is 5.67. The van der Waals surface area contributed by atoms with Crippen molar-refractivity contribution in [1.29, 1.82) is 0 Å². The number of hydrogen-bond acceptors (Lipinski definition) is 4. The van der Waals surface area contributed by atoms with Gasteiger partial charge in [0.25, 0.3) is 5.91 Å². The summed E-state index contributed by atoms with van der Waals surface area (Å²) in [5.41, 5.74) is 7.46. The predicted octanol–water partition coefficient (Wildman–Crippen LogP) is 1.84. The molecule has 2 rings (SSSR count). The largest absolute Gasteiger partial charge is 0.372 e. The fourth-order valence-electron chi connectivity index (χ4n) is 2.56. The number of carbonyl (C=O) groups is 1. The molecule has 0 bridgehead atoms. The van der Waals surface area contributed by atoms with Gasteiger partial charge in [0.1, 0.15) is 6.10 Å². The lowest BCUT2D eigenvalue weighted by Crippen LogP contribution is -2.36. The van der Waals surface area contributed by atoms with Crippen LogP contribution in [0.2, 0.25) is 0 Å². The fraction of sp³-hybridized carbons (Fsp3) is 0.562. The maximum Gasteiger partial charge on any atom is 0.254 e. The van der Waals surface area contributed by atoms with Gasteiger partial charge in [-0.05, 0) is 43.0 Å². The summed E-state index contributed by atoms with van der Waals surface area (Å²) >= 11 is 0. The Balaban J connectivity index is 1.94. The predicted molar refractivity (Wildman–Crippen MR) is 85.5 cm³/mol. The number of nitrogens with one attached hydrogen (secondary N) is 1. The van der Waals surface area contributed by atoms with Gasteiger partial charge in [0.15, 0.2) is 0 Å². The van der Waals surface area contributed by atoms with E-state index in [1.54, 1.807) is 0 Å². The highest BCUT2D eigenvalue weighted by molar-refractivity contribution is 5.94. The van der Waals surface area contributed by atoms with Crippen molar-refractivity contribution in [2.75, 3.05) is 37.0 Å². The fourth-order valence-corrected chi connectivity index (χ4v) is 2.56. The first-order valence-corrected chi connectivity index (χ1v) is 7.52. The third kappa shape index (κ3) is 4.19. The minimum atomic E-state index is -0.603. The summed E-state index contributed by atoms with van der Waals surface area (Å²) in [6.07, 6.45) is 1.88. The van der Waals surface area contributed by atoms with Gasteiger partial charge in [-0.2, -0.15) is 0 Å². The molecule has 0 saturated carbocycles. The van der Waals surface area contributed by atoms with Gasteiger partial charge < -0.3 is 20.7 Å². The molecule has 1 amide bonds. The van der Waals surface area contributed by atoms with Crippen molar-refractivity contribution in [3.63, 3.8) is 0 Å². The Bertz CT molecular complexity index is 449. The van der Waals surface area contributed by atoms with Crippen LogP contribution in [-0.4, -0.2) is 38.8 Å². The van der Waals surface area contributed by atoms with Crippen LogP contribution in [-0.2, 0) is 9.53 Å². The number of carbonyl (C=O) groups excluding carboxylic acids is 1. The number of methoxy groups -OCH3 is 1. The molecular weight excluding hydrogens is 266 g/mol. The molecule has 1 fully saturated rings. The number of rotatable bonds is 5. The highest BCUT2D eigenvalue weighted by Crippen LogP contribution is 2.24. The van der Waals surface area contributed by atoms with Gasteiger partial charge in [-0.3, -0.25) is 4.79 Å². The van der Waals surface area contributed by atoms with Crippen LogP contribution in [0.4, 0.5) is 11.4 Å². The van der Waals surface area contributed by atoms with Gasteiger partial charge in [-0.1, -0.05) is 6.92 Å². The van der Waals surface area contributed by atoms with E-state index in [1.165, 1.54) is 25.6 Å².